The number of hydrogen-bond acceptors (Lipinski definition) is 4. The molecule has 114 valence electrons. The summed E-state index contributed by atoms with van der Waals surface area (Å²) in [5, 5.41) is 0. The molecule has 0 radical (unpaired) electrons. The Morgan fingerprint density at radius 2 is 2.10 bits per heavy atom. The molecule has 0 aromatic carbocycles. The van der Waals surface area contributed by atoms with E-state index in [0.717, 1.165) is 25.7 Å². The molecule has 0 bridgehead atoms. The molecule has 7 heteroatoms. The van der Waals surface area contributed by atoms with Gasteiger partial charge in [0.15, 0.2) is 5.65 Å². The normalized spacial score (nSPS) is 17.0. The third kappa shape index (κ3) is 2.31. The maximum absolute atomic E-state index is 11.9. The molecular formula is C14H20N4O3. The van der Waals surface area contributed by atoms with Crippen LogP contribution >= 0.6 is 0 Å². The molecule has 0 aliphatic heterocycles. The molecule has 0 unspecified atom stereocenters. The standard InChI is InChI=1S/C14H20N4O3/c1-3-7-18-11-10(12(19)17-13(18)20)15-9(16-11)8-14(21-2)5-4-6-14/h3-8H2,1-2H3,(H,15,16)(H,17,19,20). The van der Waals surface area contributed by atoms with Crippen molar-refractivity contribution in [1.82, 2.24) is 19.5 Å². The van der Waals surface area contributed by atoms with Gasteiger partial charge in [0, 0.05) is 20.1 Å². The SMILES string of the molecule is CCCn1c(=O)[nH]c(=O)c2[nH]c(CC3(OC)CCC3)nc21. The van der Waals surface area contributed by atoms with Gasteiger partial charge in [0.1, 0.15) is 11.3 Å². The first kappa shape index (κ1) is 14.1. The second kappa shape index (κ2) is 5.14. The molecule has 0 saturated heterocycles. The molecule has 0 spiro atoms. The van der Waals surface area contributed by atoms with Gasteiger partial charge in [-0.05, 0) is 25.7 Å². The minimum absolute atomic E-state index is 0.170. The number of ether oxygens (including phenoxy) is 1. The number of hydrogen-bond donors (Lipinski definition) is 2. The van der Waals surface area contributed by atoms with Crippen LogP contribution in [0, 0.1) is 0 Å². The zero-order chi connectivity index (χ0) is 15.0. The smallest absolute Gasteiger partial charge is 0.330 e. The van der Waals surface area contributed by atoms with E-state index >= 15 is 0 Å². The topological polar surface area (TPSA) is 92.8 Å². The first-order valence-electron chi connectivity index (χ1n) is 7.35. The van der Waals surface area contributed by atoms with E-state index in [1.807, 2.05) is 6.92 Å². The number of aryl methyl sites for hydroxylation is 1. The van der Waals surface area contributed by atoms with Crippen LogP contribution in [0.2, 0.25) is 0 Å². The Morgan fingerprint density at radius 3 is 2.67 bits per heavy atom. The van der Waals surface area contributed by atoms with Gasteiger partial charge in [0.05, 0.1) is 5.60 Å². The van der Waals surface area contributed by atoms with Crippen molar-refractivity contribution >= 4 is 11.2 Å². The second-order valence-corrected chi connectivity index (χ2v) is 5.71. The molecule has 1 saturated carbocycles. The quantitative estimate of drug-likeness (QED) is 0.857. The van der Waals surface area contributed by atoms with E-state index in [0.29, 0.717) is 30.0 Å². The molecule has 7 nitrogen and oxygen atoms in total. The summed E-state index contributed by atoms with van der Waals surface area (Å²) in [7, 11) is 1.71. The molecule has 2 aromatic heterocycles. The number of methoxy groups -OCH3 is 1. The summed E-state index contributed by atoms with van der Waals surface area (Å²) in [5.74, 6) is 0.701. The summed E-state index contributed by atoms with van der Waals surface area (Å²) in [4.78, 5) is 33.7. The lowest BCUT2D eigenvalue weighted by molar-refractivity contribution is -0.0719. The maximum atomic E-state index is 11.9. The van der Waals surface area contributed by atoms with Crippen LogP contribution in [-0.2, 0) is 17.7 Å². The Labute approximate surface area is 121 Å². The van der Waals surface area contributed by atoms with Crippen LogP contribution in [-0.4, -0.2) is 32.2 Å². The van der Waals surface area contributed by atoms with E-state index in [-0.39, 0.29) is 5.60 Å². The monoisotopic (exact) mass is 292 g/mol. The Hall–Kier alpha value is -1.89. The van der Waals surface area contributed by atoms with Crippen LogP contribution in [0.1, 0.15) is 38.4 Å². The van der Waals surface area contributed by atoms with E-state index < -0.39 is 11.2 Å². The third-order valence-electron chi connectivity index (χ3n) is 4.32. The lowest BCUT2D eigenvalue weighted by Gasteiger charge is -2.39. The van der Waals surface area contributed by atoms with E-state index in [1.54, 1.807) is 7.11 Å². The molecule has 0 atom stereocenters. The largest absolute Gasteiger partial charge is 0.378 e. The fourth-order valence-corrected chi connectivity index (χ4v) is 2.93. The van der Waals surface area contributed by atoms with Crippen molar-refractivity contribution in [3.05, 3.63) is 26.7 Å². The van der Waals surface area contributed by atoms with Crippen LogP contribution < -0.4 is 11.2 Å². The van der Waals surface area contributed by atoms with Gasteiger partial charge in [-0.2, -0.15) is 0 Å². The highest BCUT2D eigenvalue weighted by atomic mass is 16.5. The summed E-state index contributed by atoms with van der Waals surface area (Å²) in [5.41, 5.74) is -0.190. The Kier molecular flexibility index (Phi) is 3.44. The van der Waals surface area contributed by atoms with Crippen LogP contribution in [0.3, 0.4) is 0 Å². The summed E-state index contributed by atoms with van der Waals surface area (Å²) < 4.78 is 7.10. The average molecular weight is 292 g/mol. The van der Waals surface area contributed by atoms with E-state index in [9.17, 15) is 9.59 Å². The molecule has 1 aliphatic carbocycles. The lowest BCUT2D eigenvalue weighted by atomic mass is 9.77. The highest BCUT2D eigenvalue weighted by Crippen LogP contribution is 2.37. The van der Waals surface area contributed by atoms with Gasteiger partial charge in [-0.15, -0.1) is 0 Å². The van der Waals surface area contributed by atoms with Crippen molar-refractivity contribution in [2.24, 2.45) is 0 Å². The van der Waals surface area contributed by atoms with Gasteiger partial charge in [-0.25, -0.2) is 9.78 Å². The van der Waals surface area contributed by atoms with Gasteiger partial charge < -0.3 is 9.72 Å². The van der Waals surface area contributed by atoms with Crippen LogP contribution in [0.25, 0.3) is 11.2 Å². The lowest BCUT2D eigenvalue weighted by Crippen LogP contribution is -2.41. The molecule has 2 N–H and O–H groups in total. The van der Waals surface area contributed by atoms with Gasteiger partial charge in [-0.3, -0.25) is 14.3 Å². The van der Waals surface area contributed by atoms with Crippen LogP contribution in [0.15, 0.2) is 9.59 Å². The summed E-state index contributed by atoms with van der Waals surface area (Å²) in [6, 6.07) is 0. The number of imidazole rings is 1. The molecule has 2 heterocycles. The summed E-state index contributed by atoms with van der Waals surface area (Å²) in [6.45, 7) is 2.51. The minimum Gasteiger partial charge on any atom is -0.378 e. The van der Waals surface area contributed by atoms with Gasteiger partial charge >= 0.3 is 5.69 Å². The Bertz CT molecular complexity index is 761. The van der Waals surface area contributed by atoms with Crippen LogP contribution in [0.4, 0.5) is 0 Å². The number of H-pyrrole nitrogens is 2. The van der Waals surface area contributed by atoms with E-state index in [2.05, 4.69) is 15.0 Å². The minimum atomic E-state index is -0.416. The van der Waals surface area contributed by atoms with E-state index in [1.165, 1.54) is 4.57 Å². The zero-order valence-corrected chi connectivity index (χ0v) is 12.4. The first-order chi connectivity index (χ1) is 10.1. The van der Waals surface area contributed by atoms with Crippen LogP contribution in [0.5, 0.6) is 0 Å². The summed E-state index contributed by atoms with van der Waals surface area (Å²) >= 11 is 0. The van der Waals surface area contributed by atoms with E-state index in [4.69, 9.17) is 4.74 Å². The number of rotatable bonds is 5. The number of aromatic amines is 2. The molecule has 0 amide bonds. The predicted octanol–water partition coefficient (Wildman–Crippen LogP) is 0.934. The highest BCUT2D eigenvalue weighted by molar-refractivity contribution is 5.69. The second-order valence-electron chi connectivity index (χ2n) is 5.71. The Balaban J connectivity index is 2.07. The predicted molar refractivity (Wildman–Crippen MR) is 78.6 cm³/mol. The third-order valence-corrected chi connectivity index (χ3v) is 4.32. The van der Waals surface area contributed by atoms with Crippen molar-refractivity contribution in [3.8, 4) is 0 Å². The molecule has 2 aromatic rings. The average Bonchev–Trinajstić information content (AvgIpc) is 2.83. The molecule has 1 aliphatic rings. The van der Waals surface area contributed by atoms with Crippen molar-refractivity contribution in [3.63, 3.8) is 0 Å². The molecule has 21 heavy (non-hydrogen) atoms. The first-order valence-corrected chi connectivity index (χ1v) is 7.35. The fraction of sp³-hybridized carbons (Fsp3) is 0.643. The zero-order valence-electron chi connectivity index (χ0n) is 12.4. The maximum Gasteiger partial charge on any atom is 0.330 e. The van der Waals surface area contributed by atoms with Gasteiger partial charge in [0.2, 0.25) is 0 Å². The number of nitrogens with zero attached hydrogens (tertiary/aromatic N) is 2. The molecular weight excluding hydrogens is 272 g/mol. The van der Waals surface area contributed by atoms with Gasteiger partial charge in [-0.1, -0.05) is 6.92 Å². The van der Waals surface area contributed by atoms with Crippen molar-refractivity contribution in [1.29, 1.82) is 0 Å². The highest BCUT2D eigenvalue weighted by Gasteiger charge is 2.38. The van der Waals surface area contributed by atoms with Crippen molar-refractivity contribution in [2.45, 2.75) is 51.2 Å². The summed E-state index contributed by atoms with van der Waals surface area (Å²) in [6.07, 6.45) is 4.58. The number of fused-ring (bicyclic) bond motifs is 1. The van der Waals surface area contributed by atoms with Crippen molar-refractivity contribution in [2.75, 3.05) is 7.11 Å². The van der Waals surface area contributed by atoms with Gasteiger partial charge in [0.25, 0.3) is 5.56 Å². The fourth-order valence-electron chi connectivity index (χ4n) is 2.93. The van der Waals surface area contributed by atoms with Crippen molar-refractivity contribution < 1.29 is 4.74 Å². The molecule has 1 fully saturated rings. The molecule has 3 rings (SSSR count). The number of aromatic nitrogens is 4. The number of nitrogens with one attached hydrogen (secondary N) is 2. The Morgan fingerprint density at radius 1 is 1.33 bits per heavy atom.